The van der Waals surface area contributed by atoms with Crippen molar-refractivity contribution in [2.45, 2.75) is 0 Å². The average molecular weight is 269 g/mol. The zero-order valence-corrected chi connectivity index (χ0v) is 10.8. The van der Waals surface area contributed by atoms with Crippen molar-refractivity contribution in [3.63, 3.8) is 0 Å². The number of anilines is 1. The van der Waals surface area contributed by atoms with Crippen LogP contribution in [-0.4, -0.2) is 19.5 Å². The third-order valence-electron chi connectivity index (χ3n) is 2.66. The molecule has 0 radical (unpaired) electrons. The number of nitrogens with one attached hydrogen (secondary N) is 1. The van der Waals surface area contributed by atoms with Gasteiger partial charge in [0, 0.05) is 29.8 Å². The standard InChI is InChI=1S/C13H11N5S/c14-12(19)16-10-4-1-3-9(7-10)11-8-18-6-2-5-15-13(18)17-11/h1-8H,(H3,14,16,19). The van der Waals surface area contributed by atoms with Gasteiger partial charge >= 0.3 is 0 Å². The lowest BCUT2D eigenvalue weighted by atomic mass is 10.1. The van der Waals surface area contributed by atoms with Crippen molar-refractivity contribution in [3.8, 4) is 11.3 Å². The van der Waals surface area contributed by atoms with E-state index in [1.807, 2.05) is 47.1 Å². The monoisotopic (exact) mass is 269 g/mol. The Labute approximate surface area is 115 Å². The van der Waals surface area contributed by atoms with Gasteiger partial charge in [-0.05, 0) is 30.4 Å². The van der Waals surface area contributed by atoms with Crippen molar-refractivity contribution >= 4 is 28.8 Å². The van der Waals surface area contributed by atoms with Gasteiger partial charge in [-0.3, -0.25) is 4.40 Å². The van der Waals surface area contributed by atoms with E-state index in [-0.39, 0.29) is 5.11 Å². The van der Waals surface area contributed by atoms with E-state index in [0.717, 1.165) is 16.9 Å². The SMILES string of the molecule is NC(=S)Nc1cccc(-c2cn3cccnc3n2)c1. The summed E-state index contributed by atoms with van der Waals surface area (Å²) in [7, 11) is 0. The predicted octanol–water partition coefficient (Wildman–Crippen LogP) is 2.05. The molecule has 0 fully saturated rings. The van der Waals surface area contributed by atoms with Gasteiger partial charge in [0.1, 0.15) is 0 Å². The van der Waals surface area contributed by atoms with E-state index in [1.165, 1.54) is 0 Å². The minimum Gasteiger partial charge on any atom is -0.376 e. The Morgan fingerprint density at radius 2 is 2.21 bits per heavy atom. The molecule has 6 heteroatoms. The third kappa shape index (κ3) is 2.38. The Morgan fingerprint density at radius 3 is 3.00 bits per heavy atom. The normalized spacial score (nSPS) is 10.5. The van der Waals surface area contributed by atoms with Crippen LogP contribution in [0, 0.1) is 0 Å². The Kier molecular flexibility index (Phi) is 2.85. The second-order valence-corrected chi connectivity index (χ2v) is 4.46. The number of thiocarbonyl (C=S) groups is 1. The molecule has 0 saturated carbocycles. The van der Waals surface area contributed by atoms with Crippen molar-refractivity contribution in [2.24, 2.45) is 5.73 Å². The largest absolute Gasteiger partial charge is 0.376 e. The number of fused-ring (bicyclic) bond motifs is 1. The molecule has 5 nitrogen and oxygen atoms in total. The lowest BCUT2D eigenvalue weighted by Gasteiger charge is -2.04. The molecule has 3 aromatic rings. The minimum atomic E-state index is 0.244. The van der Waals surface area contributed by atoms with Gasteiger partial charge in [0.25, 0.3) is 0 Å². The predicted molar refractivity (Wildman–Crippen MR) is 78.8 cm³/mol. The summed E-state index contributed by atoms with van der Waals surface area (Å²) in [6.45, 7) is 0. The molecule has 0 saturated heterocycles. The van der Waals surface area contributed by atoms with Crippen LogP contribution in [0.4, 0.5) is 5.69 Å². The first-order chi connectivity index (χ1) is 9.22. The molecule has 94 valence electrons. The highest BCUT2D eigenvalue weighted by Crippen LogP contribution is 2.21. The van der Waals surface area contributed by atoms with Gasteiger partial charge in [-0.2, -0.15) is 0 Å². The Morgan fingerprint density at radius 1 is 1.32 bits per heavy atom. The molecule has 0 spiro atoms. The van der Waals surface area contributed by atoms with Crippen LogP contribution in [0.25, 0.3) is 17.0 Å². The average Bonchev–Trinajstić information content (AvgIpc) is 2.82. The smallest absolute Gasteiger partial charge is 0.234 e. The molecule has 0 bridgehead atoms. The molecule has 0 aliphatic rings. The van der Waals surface area contributed by atoms with Crippen LogP contribution in [0.1, 0.15) is 0 Å². The third-order valence-corrected chi connectivity index (χ3v) is 2.76. The summed E-state index contributed by atoms with van der Waals surface area (Å²) in [5.74, 6) is 0.671. The summed E-state index contributed by atoms with van der Waals surface area (Å²) < 4.78 is 1.88. The number of hydrogen-bond donors (Lipinski definition) is 2. The summed E-state index contributed by atoms with van der Waals surface area (Å²) in [6.07, 6.45) is 5.56. The Bertz CT molecular complexity index is 716. The molecule has 2 aromatic heterocycles. The van der Waals surface area contributed by atoms with Gasteiger partial charge < -0.3 is 11.1 Å². The summed E-state index contributed by atoms with van der Waals surface area (Å²) in [4.78, 5) is 8.66. The van der Waals surface area contributed by atoms with E-state index in [0.29, 0.717) is 5.78 Å². The molecule has 0 atom stereocenters. The first-order valence-electron chi connectivity index (χ1n) is 5.69. The highest BCUT2D eigenvalue weighted by Gasteiger charge is 2.05. The van der Waals surface area contributed by atoms with Gasteiger partial charge in [-0.25, -0.2) is 9.97 Å². The van der Waals surface area contributed by atoms with Crippen LogP contribution in [0.5, 0.6) is 0 Å². The fourth-order valence-electron chi connectivity index (χ4n) is 1.87. The maximum atomic E-state index is 5.47. The maximum Gasteiger partial charge on any atom is 0.234 e. The molecule has 3 rings (SSSR count). The number of benzene rings is 1. The molecular formula is C13H11N5S. The van der Waals surface area contributed by atoms with Gasteiger partial charge in [-0.15, -0.1) is 0 Å². The quantitative estimate of drug-likeness (QED) is 0.697. The zero-order valence-electron chi connectivity index (χ0n) is 9.95. The number of hydrogen-bond acceptors (Lipinski definition) is 3. The second kappa shape index (κ2) is 4.66. The Hall–Kier alpha value is -2.47. The minimum absolute atomic E-state index is 0.244. The molecule has 0 aliphatic heterocycles. The molecule has 0 amide bonds. The molecule has 1 aromatic carbocycles. The topological polar surface area (TPSA) is 68.2 Å². The van der Waals surface area contributed by atoms with E-state index in [1.54, 1.807) is 6.20 Å². The molecule has 3 N–H and O–H groups in total. The number of rotatable bonds is 2. The lowest BCUT2D eigenvalue weighted by Crippen LogP contribution is -2.18. The van der Waals surface area contributed by atoms with Crippen LogP contribution < -0.4 is 11.1 Å². The molecule has 19 heavy (non-hydrogen) atoms. The fourth-order valence-corrected chi connectivity index (χ4v) is 1.99. The molecule has 2 heterocycles. The fraction of sp³-hybridized carbons (Fsp3) is 0. The summed E-state index contributed by atoms with van der Waals surface area (Å²) in [5.41, 5.74) is 8.14. The number of nitrogens with zero attached hydrogens (tertiary/aromatic N) is 3. The van der Waals surface area contributed by atoms with Crippen LogP contribution in [0.15, 0.2) is 48.9 Å². The van der Waals surface area contributed by atoms with Crippen molar-refractivity contribution in [1.29, 1.82) is 0 Å². The first-order valence-corrected chi connectivity index (χ1v) is 6.10. The highest BCUT2D eigenvalue weighted by atomic mass is 32.1. The van der Waals surface area contributed by atoms with Crippen LogP contribution >= 0.6 is 12.2 Å². The second-order valence-electron chi connectivity index (χ2n) is 4.02. The van der Waals surface area contributed by atoms with Crippen molar-refractivity contribution in [3.05, 3.63) is 48.9 Å². The first kappa shape index (κ1) is 11.6. The van der Waals surface area contributed by atoms with Crippen LogP contribution in [0.2, 0.25) is 0 Å². The van der Waals surface area contributed by atoms with E-state index in [4.69, 9.17) is 18.0 Å². The highest BCUT2D eigenvalue weighted by molar-refractivity contribution is 7.80. The van der Waals surface area contributed by atoms with Crippen LogP contribution in [0.3, 0.4) is 0 Å². The van der Waals surface area contributed by atoms with Crippen molar-refractivity contribution < 1.29 is 0 Å². The summed E-state index contributed by atoms with van der Waals surface area (Å²) in [6, 6.07) is 9.61. The molecule has 0 unspecified atom stereocenters. The van der Waals surface area contributed by atoms with E-state index in [2.05, 4.69) is 15.3 Å². The van der Waals surface area contributed by atoms with E-state index < -0.39 is 0 Å². The summed E-state index contributed by atoms with van der Waals surface area (Å²) >= 11 is 4.83. The number of aromatic nitrogens is 3. The van der Waals surface area contributed by atoms with Gasteiger partial charge in [0.05, 0.1) is 5.69 Å². The summed E-state index contributed by atoms with van der Waals surface area (Å²) in [5, 5.41) is 3.15. The molecule has 0 aliphatic carbocycles. The number of imidazole rings is 1. The zero-order chi connectivity index (χ0) is 13.2. The Balaban J connectivity index is 2.03. The maximum absolute atomic E-state index is 5.47. The van der Waals surface area contributed by atoms with Crippen LogP contribution in [-0.2, 0) is 0 Å². The van der Waals surface area contributed by atoms with E-state index >= 15 is 0 Å². The molecular weight excluding hydrogens is 258 g/mol. The van der Waals surface area contributed by atoms with Gasteiger partial charge in [0.2, 0.25) is 5.78 Å². The number of nitrogens with two attached hydrogens (primary N) is 1. The lowest BCUT2D eigenvalue weighted by molar-refractivity contribution is 1.11. The van der Waals surface area contributed by atoms with E-state index in [9.17, 15) is 0 Å². The van der Waals surface area contributed by atoms with Gasteiger partial charge in [0.15, 0.2) is 5.11 Å². The van der Waals surface area contributed by atoms with Gasteiger partial charge in [-0.1, -0.05) is 12.1 Å². The van der Waals surface area contributed by atoms with Crippen molar-refractivity contribution in [2.75, 3.05) is 5.32 Å². The van der Waals surface area contributed by atoms with Crippen molar-refractivity contribution in [1.82, 2.24) is 14.4 Å².